The number of benzene rings is 1. The van der Waals surface area contributed by atoms with E-state index < -0.39 is 6.43 Å². The molecule has 2 aliphatic rings. The Hall–Kier alpha value is -3.69. The monoisotopic (exact) mass is 435 g/mol. The SMILES string of the molecule is Cc1nnn(-c2ccc(C(F)F)cc2)c1COc1ccc(-c2cnn(C34CC3C4)c2)nn1. The number of nitrogens with zero attached hydrogens (tertiary/aromatic N) is 7. The fourth-order valence-corrected chi connectivity index (χ4v) is 3.95. The van der Waals surface area contributed by atoms with E-state index >= 15 is 0 Å². The Labute approximate surface area is 181 Å². The first-order valence-corrected chi connectivity index (χ1v) is 10.4. The molecule has 0 spiro atoms. The third kappa shape index (κ3) is 3.14. The van der Waals surface area contributed by atoms with E-state index in [1.165, 1.54) is 25.0 Å². The molecule has 2 fully saturated rings. The quantitative estimate of drug-likeness (QED) is 0.438. The van der Waals surface area contributed by atoms with Crippen LogP contribution in [0.2, 0.25) is 0 Å². The Bertz CT molecular complexity index is 1270. The summed E-state index contributed by atoms with van der Waals surface area (Å²) in [5.41, 5.74) is 3.92. The zero-order chi connectivity index (χ0) is 21.9. The highest BCUT2D eigenvalue weighted by Crippen LogP contribution is 2.72. The maximum atomic E-state index is 12.8. The summed E-state index contributed by atoms with van der Waals surface area (Å²) in [6.07, 6.45) is 3.80. The molecule has 0 N–H and O–H groups in total. The first-order valence-electron chi connectivity index (χ1n) is 10.4. The summed E-state index contributed by atoms with van der Waals surface area (Å²) in [7, 11) is 0. The molecule has 0 atom stereocenters. The van der Waals surface area contributed by atoms with E-state index in [0.717, 1.165) is 17.2 Å². The molecule has 0 amide bonds. The van der Waals surface area contributed by atoms with Gasteiger partial charge in [0.05, 0.1) is 28.8 Å². The van der Waals surface area contributed by atoms with Gasteiger partial charge in [0, 0.05) is 23.4 Å². The van der Waals surface area contributed by atoms with E-state index in [9.17, 15) is 8.78 Å². The number of aromatic nitrogens is 7. The summed E-state index contributed by atoms with van der Waals surface area (Å²) in [5, 5.41) is 21.1. The van der Waals surface area contributed by atoms with Crippen LogP contribution in [0, 0.1) is 12.8 Å². The number of ether oxygens (including phenoxy) is 1. The van der Waals surface area contributed by atoms with Gasteiger partial charge in [0.25, 0.3) is 6.43 Å². The first-order chi connectivity index (χ1) is 15.5. The minimum Gasteiger partial charge on any atom is -0.470 e. The van der Waals surface area contributed by atoms with Crippen LogP contribution < -0.4 is 4.74 Å². The smallest absolute Gasteiger partial charge is 0.263 e. The third-order valence-corrected chi connectivity index (χ3v) is 6.32. The van der Waals surface area contributed by atoms with Crippen molar-refractivity contribution in [2.75, 3.05) is 0 Å². The van der Waals surface area contributed by atoms with Gasteiger partial charge in [-0.1, -0.05) is 17.3 Å². The fourth-order valence-electron chi connectivity index (χ4n) is 3.95. The molecule has 2 aliphatic carbocycles. The van der Waals surface area contributed by atoms with Crippen molar-refractivity contribution >= 4 is 0 Å². The maximum Gasteiger partial charge on any atom is 0.263 e. The predicted octanol–water partition coefficient (Wildman–Crippen LogP) is 3.86. The topological polar surface area (TPSA) is 83.5 Å². The zero-order valence-corrected chi connectivity index (χ0v) is 17.2. The third-order valence-electron chi connectivity index (χ3n) is 6.32. The van der Waals surface area contributed by atoms with Crippen molar-refractivity contribution in [1.82, 2.24) is 35.0 Å². The molecule has 6 rings (SSSR count). The molecule has 32 heavy (non-hydrogen) atoms. The van der Waals surface area contributed by atoms with Crippen LogP contribution in [-0.4, -0.2) is 35.0 Å². The van der Waals surface area contributed by atoms with Crippen LogP contribution >= 0.6 is 0 Å². The van der Waals surface area contributed by atoms with E-state index in [4.69, 9.17) is 4.74 Å². The molecular weight excluding hydrogens is 416 g/mol. The van der Waals surface area contributed by atoms with E-state index in [-0.39, 0.29) is 12.2 Å². The number of hydrogen-bond donors (Lipinski definition) is 0. The van der Waals surface area contributed by atoms with Gasteiger partial charge in [-0.3, -0.25) is 4.68 Å². The lowest BCUT2D eigenvalue weighted by Gasteiger charge is -2.09. The number of rotatable bonds is 7. The van der Waals surface area contributed by atoms with Crippen LogP contribution in [0.4, 0.5) is 8.78 Å². The van der Waals surface area contributed by atoms with Crippen molar-refractivity contribution in [3.63, 3.8) is 0 Å². The predicted molar refractivity (Wildman–Crippen MR) is 109 cm³/mol. The Balaban J connectivity index is 1.16. The molecule has 0 saturated heterocycles. The van der Waals surface area contributed by atoms with Gasteiger partial charge in [0.1, 0.15) is 12.3 Å². The highest BCUT2D eigenvalue weighted by molar-refractivity contribution is 5.56. The number of fused-ring (bicyclic) bond motifs is 1. The number of alkyl halides is 2. The Morgan fingerprint density at radius 1 is 1.09 bits per heavy atom. The van der Waals surface area contributed by atoms with Crippen LogP contribution in [0.15, 0.2) is 48.8 Å². The second kappa shape index (κ2) is 6.91. The van der Waals surface area contributed by atoms with Gasteiger partial charge in [-0.15, -0.1) is 15.3 Å². The minimum atomic E-state index is -2.51. The van der Waals surface area contributed by atoms with Gasteiger partial charge in [-0.2, -0.15) is 5.10 Å². The summed E-state index contributed by atoms with van der Waals surface area (Å²) in [6, 6.07) is 9.53. The number of aryl methyl sites for hydroxylation is 1. The molecule has 10 heteroatoms. The normalized spacial score (nSPS) is 20.9. The summed E-state index contributed by atoms with van der Waals surface area (Å²) in [4.78, 5) is 0. The lowest BCUT2D eigenvalue weighted by atomic mass is 10.2. The summed E-state index contributed by atoms with van der Waals surface area (Å²) < 4.78 is 35.1. The van der Waals surface area contributed by atoms with E-state index in [1.54, 1.807) is 22.9 Å². The summed E-state index contributed by atoms with van der Waals surface area (Å²) in [6.45, 7) is 1.97. The van der Waals surface area contributed by atoms with E-state index in [1.807, 2.05) is 25.4 Å². The maximum absolute atomic E-state index is 12.8. The van der Waals surface area contributed by atoms with Crippen molar-refractivity contribution in [2.45, 2.75) is 38.3 Å². The average Bonchev–Trinajstić information content (AvgIpc) is 3.55. The van der Waals surface area contributed by atoms with Crippen LogP contribution in [0.25, 0.3) is 16.9 Å². The zero-order valence-electron chi connectivity index (χ0n) is 17.2. The molecular formula is C22H19F2N7O. The molecule has 0 radical (unpaired) electrons. The summed E-state index contributed by atoms with van der Waals surface area (Å²) >= 11 is 0. The molecule has 1 aromatic carbocycles. The van der Waals surface area contributed by atoms with Crippen molar-refractivity contribution in [1.29, 1.82) is 0 Å². The Kier molecular flexibility index (Phi) is 4.11. The first kappa shape index (κ1) is 19.0. The molecule has 8 nitrogen and oxygen atoms in total. The van der Waals surface area contributed by atoms with Crippen LogP contribution in [0.5, 0.6) is 5.88 Å². The second-order valence-corrected chi connectivity index (χ2v) is 8.35. The lowest BCUT2D eigenvalue weighted by molar-refractivity contribution is 0.151. The van der Waals surface area contributed by atoms with Gasteiger partial charge in [-0.05, 0) is 43.9 Å². The second-order valence-electron chi connectivity index (χ2n) is 8.35. The van der Waals surface area contributed by atoms with Gasteiger partial charge < -0.3 is 4.74 Å². The molecule has 3 aromatic heterocycles. The van der Waals surface area contributed by atoms with Gasteiger partial charge in [0.2, 0.25) is 5.88 Å². The van der Waals surface area contributed by atoms with Crippen LogP contribution in [0.1, 0.15) is 36.2 Å². The molecule has 0 unspecified atom stereocenters. The van der Waals surface area contributed by atoms with Gasteiger partial charge in [-0.25, -0.2) is 13.5 Å². The Morgan fingerprint density at radius 3 is 2.53 bits per heavy atom. The van der Waals surface area contributed by atoms with Gasteiger partial charge >= 0.3 is 0 Å². The molecule has 4 aromatic rings. The summed E-state index contributed by atoms with van der Waals surface area (Å²) in [5.74, 6) is 1.18. The largest absolute Gasteiger partial charge is 0.470 e. The highest BCUT2D eigenvalue weighted by atomic mass is 19.3. The van der Waals surface area contributed by atoms with Crippen LogP contribution in [0.3, 0.4) is 0 Å². The minimum absolute atomic E-state index is 0.0435. The lowest BCUT2D eigenvalue weighted by Crippen LogP contribution is -2.08. The average molecular weight is 435 g/mol. The molecule has 0 aliphatic heterocycles. The van der Waals surface area contributed by atoms with Crippen molar-refractivity contribution in [3.8, 4) is 22.8 Å². The van der Waals surface area contributed by atoms with E-state index in [2.05, 4.69) is 30.3 Å². The number of hydrogen-bond acceptors (Lipinski definition) is 6. The van der Waals surface area contributed by atoms with Crippen molar-refractivity contribution in [3.05, 3.63) is 65.7 Å². The highest BCUT2D eigenvalue weighted by Gasteiger charge is 2.72. The van der Waals surface area contributed by atoms with Crippen molar-refractivity contribution in [2.24, 2.45) is 5.92 Å². The fraction of sp³-hybridized carbons (Fsp3) is 0.318. The van der Waals surface area contributed by atoms with Gasteiger partial charge in [0.15, 0.2) is 0 Å². The Morgan fingerprint density at radius 2 is 1.88 bits per heavy atom. The van der Waals surface area contributed by atoms with Crippen molar-refractivity contribution < 1.29 is 13.5 Å². The standard InChI is InChI=1S/C22H19F2N7O/c1-13-19(31(29-26-13)17-4-2-14(3-5-17)21(23)24)12-32-20-7-6-18(27-28-20)15-10-25-30(11-15)22-8-16(22)9-22/h2-7,10-11,16,21H,8-9,12H2,1H3. The number of halogens is 2. The molecule has 0 bridgehead atoms. The van der Waals surface area contributed by atoms with Crippen LogP contribution in [-0.2, 0) is 12.1 Å². The molecule has 2 saturated carbocycles. The molecule has 3 heterocycles. The van der Waals surface area contributed by atoms with E-state index in [0.29, 0.717) is 28.5 Å². The molecule has 162 valence electrons.